The van der Waals surface area contributed by atoms with Gasteiger partial charge in [0.2, 0.25) is 5.91 Å². The van der Waals surface area contributed by atoms with Gasteiger partial charge in [-0.05, 0) is 73.9 Å². The second-order valence-corrected chi connectivity index (χ2v) is 7.95. The summed E-state index contributed by atoms with van der Waals surface area (Å²) in [4.78, 5) is 11.9. The highest BCUT2D eigenvalue weighted by Gasteiger charge is 2.21. The fourth-order valence-electron chi connectivity index (χ4n) is 2.99. The van der Waals surface area contributed by atoms with E-state index in [1.54, 1.807) is 13.8 Å². The number of ether oxygens (including phenoxy) is 2. The van der Waals surface area contributed by atoms with Gasteiger partial charge in [0, 0.05) is 12.1 Å². The molecular weight excluding hydrogens is 388 g/mol. The van der Waals surface area contributed by atoms with Gasteiger partial charge in [0.1, 0.15) is 11.5 Å². The van der Waals surface area contributed by atoms with E-state index in [4.69, 9.17) is 15.2 Å². The average molecular weight is 419 g/mol. The van der Waals surface area contributed by atoms with Crippen molar-refractivity contribution >= 4 is 11.6 Å². The van der Waals surface area contributed by atoms with Crippen LogP contribution in [0.5, 0.6) is 11.5 Å². The van der Waals surface area contributed by atoms with Crippen LogP contribution in [-0.2, 0) is 11.2 Å². The molecule has 0 bridgehead atoms. The van der Waals surface area contributed by atoms with Crippen molar-refractivity contribution in [1.82, 2.24) is 0 Å². The molecule has 3 aromatic carbocycles. The van der Waals surface area contributed by atoms with Gasteiger partial charge < -0.3 is 20.5 Å². The topological polar surface area (TPSA) is 73.6 Å². The molecule has 162 valence electrons. The van der Waals surface area contributed by atoms with Crippen molar-refractivity contribution in [3.05, 3.63) is 78.4 Å². The van der Waals surface area contributed by atoms with Crippen LogP contribution in [0.3, 0.4) is 0 Å². The normalized spacial score (nSPS) is 11.1. The number of nitrogens with one attached hydrogen (secondary N) is 1. The van der Waals surface area contributed by atoms with Gasteiger partial charge in [-0.3, -0.25) is 4.79 Å². The van der Waals surface area contributed by atoms with Crippen LogP contribution in [0.25, 0.3) is 11.1 Å². The molecule has 3 aromatic rings. The molecule has 3 rings (SSSR count). The third kappa shape index (κ3) is 6.59. The molecule has 0 spiro atoms. The number of amides is 1. The molecule has 31 heavy (non-hydrogen) atoms. The monoisotopic (exact) mass is 418 g/mol. The molecule has 0 aliphatic rings. The highest BCUT2D eigenvalue weighted by atomic mass is 16.5. The van der Waals surface area contributed by atoms with E-state index in [0.717, 1.165) is 23.5 Å². The second kappa shape index (κ2) is 10.1. The van der Waals surface area contributed by atoms with Gasteiger partial charge >= 0.3 is 0 Å². The summed E-state index contributed by atoms with van der Waals surface area (Å²) in [6.07, 6.45) is 0.809. The third-order valence-corrected chi connectivity index (χ3v) is 4.81. The zero-order valence-corrected chi connectivity index (χ0v) is 18.4. The van der Waals surface area contributed by atoms with Crippen molar-refractivity contribution in [2.75, 3.05) is 18.5 Å². The number of carbonyl (C=O) groups excluding carboxylic acids is 1. The Labute approximate surface area is 184 Å². The SMILES string of the molecule is CCOc1ccc(-c2ccc(CCOc3ccc(NC(=O)C(C)(C)N)cc3)cc2)cc1. The predicted octanol–water partition coefficient (Wildman–Crippen LogP) is 5.05. The smallest absolute Gasteiger partial charge is 0.243 e. The molecule has 0 atom stereocenters. The Bertz CT molecular complexity index is 973. The lowest BCUT2D eigenvalue weighted by atomic mass is 10.0. The average Bonchev–Trinajstić information content (AvgIpc) is 2.76. The number of hydrogen-bond donors (Lipinski definition) is 2. The number of rotatable bonds is 9. The van der Waals surface area contributed by atoms with Crippen molar-refractivity contribution < 1.29 is 14.3 Å². The van der Waals surface area contributed by atoms with Crippen molar-refractivity contribution in [3.63, 3.8) is 0 Å². The number of anilines is 1. The minimum Gasteiger partial charge on any atom is -0.494 e. The fraction of sp³-hybridized carbons (Fsp3) is 0.269. The number of nitrogens with two attached hydrogens (primary N) is 1. The van der Waals surface area contributed by atoms with E-state index >= 15 is 0 Å². The second-order valence-electron chi connectivity index (χ2n) is 7.95. The Balaban J connectivity index is 1.49. The first-order valence-electron chi connectivity index (χ1n) is 10.5. The molecule has 5 nitrogen and oxygen atoms in total. The first-order chi connectivity index (χ1) is 14.8. The Morgan fingerprint density at radius 2 is 1.35 bits per heavy atom. The zero-order valence-electron chi connectivity index (χ0n) is 18.4. The van der Waals surface area contributed by atoms with Crippen molar-refractivity contribution in [1.29, 1.82) is 0 Å². The molecule has 1 amide bonds. The van der Waals surface area contributed by atoms with Gasteiger partial charge in [-0.25, -0.2) is 0 Å². The van der Waals surface area contributed by atoms with Gasteiger partial charge in [-0.15, -0.1) is 0 Å². The molecule has 0 radical (unpaired) electrons. The maximum absolute atomic E-state index is 11.9. The summed E-state index contributed by atoms with van der Waals surface area (Å²) in [7, 11) is 0. The summed E-state index contributed by atoms with van der Waals surface area (Å²) >= 11 is 0. The van der Waals surface area contributed by atoms with Crippen LogP contribution in [0.2, 0.25) is 0 Å². The van der Waals surface area contributed by atoms with E-state index in [1.807, 2.05) is 43.3 Å². The molecule has 0 saturated heterocycles. The molecular formula is C26H30N2O3. The Morgan fingerprint density at radius 3 is 1.90 bits per heavy atom. The van der Waals surface area contributed by atoms with Crippen LogP contribution >= 0.6 is 0 Å². The predicted molar refractivity (Wildman–Crippen MR) is 126 cm³/mol. The summed E-state index contributed by atoms with van der Waals surface area (Å²) in [6.45, 7) is 6.57. The summed E-state index contributed by atoms with van der Waals surface area (Å²) in [5.74, 6) is 1.42. The van der Waals surface area contributed by atoms with E-state index in [0.29, 0.717) is 18.9 Å². The van der Waals surface area contributed by atoms with E-state index in [-0.39, 0.29) is 5.91 Å². The molecule has 0 aromatic heterocycles. The number of carbonyl (C=O) groups is 1. The van der Waals surface area contributed by atoms with E-state index in [1.165, 1.54) is 11.1 Å². The van der Waals surface area contributed by atoms with Crippen LogP contribution in [0, 0.1) is 0 Å². The summed E-state index contributed by atoms with van der Waals surface area (Å²) in [5.41, 5.74) is 9.12. The van der Waals surface area contributed by atoms with Gasteiger partial charge in [0.25, 0.3) is 0 Å². The minimum atomic E-state index is -0.919. The largest absolute Gasteiger partial charge is 0.494 e. The number of benzene rings is 3. The van der Waals surface area contributed by atoms with Crippen molar-refractivity contribution in [3.8, 4) is 22.6 Å². The molecule has 0 heterocycles. The molecule has 3 N–H and O–H groups in total. The van der Waals surface area contributed by atoms with Gasteiger partial charge in [0.15, 0.2) is 0 Å². The highest BCUT2D eigenvalue weighted by molar-refractivity contribution is 5.97. The lowest BCUT2D eigenvalue weighted by Gasteiger charge is -2.17. The van der Waals surface area contributed by atoms with Crippen molar-refractivity contribution in [2.45, 2.75) is 32.7 Å². The van der Waals surface area contributed by atoms with Crippen molar-refractivity contribution in [2.24, 2.45) is 5.73 Å². The third-order valence-electron chi connectivity index (χ3n) is 4.81. The molecule has 0 aliphatic carbocycles. The van der Waals surface area contributed by atoms with Crippen LogP contribution in [-0.4, -0.2) is 24.7 Å². The highest BCUT2D eigenvalue weighted by Crippen LogP contribution is 2.23. The van der Waals surface area contributed by atoms with Crippen LogP contribution in [0.1, 0.15) is 26.3 Å². The fourth-order valence-corrected chi connectivity index (χ4v) is 2.99. The summed E-state index contributed by atoms with van der Waals surface area (Å²) < 4.78 is 11.3. The van der Waals surface area contributed by atoms with Gasteiger partial charge in [0.05, 0.1) is 18.8 Å². The Kier molecular flexibility index (Phi) is 7.32. The first kappa shape index (κ1) is 22.4. The maximum atomic E-state index is 11.9. The van der Waals surface area contributed by atoms with Gasteiger partial charge in [-0.2, -0.15) is 0 Å². The van der Waals surface area contributed by atoms with E-state index < -0.39 is 5.54 Å². The quantitative estimate of drug-likeness (QED) is 0.510. The summed E-state index contributed by atoms with van der Waals surface area (Å²) in [6, 6.07) is 23.9. The lowest BCUT2D eigenvalue weighted by Crippen LogP contribution is -2.45. The number of hydrogen-bond acceptors (Lipinski definition) is 4. The van der Waals surface area contributed by atoms with E-state index in [2.05, 4.69) is 41.7 Å². The standard InChI is InChI=1S/C26H30N2O3/c1-4-30-23-13-9-21(10-14-23)20-7-5-19(6-8-20)17-18-31-24-15-11-22(12-16-24)28-25(29)26(2,3)27/h5-16H,4,17-18,27H2,1-3H3,(H,28,29). The minimum absolute atomic E-state index is 0.227. The van der Waals surface area contributed by atoms with Gasteiger partial charge in [-0.1, -0.05) is 36.4 Å². The molecule has 0 fully saturated rings. The van der Waals surface area contributed by atoms with Crippen LogP contribution in [0.15, 0.2) is 72.8 Å². The summed E-state index contributed by atoms with van der Waals surface area (Å²) in [5, 5.41) is 2.79. The zero-order chi connectivity index (χ0) is 22.3. The lowest BCUT2D eigenvalue weighted by molar-refractivity contribution is -0.120. The first-order valence-corrected chi connectivity index (χ1v) is 10.5. The molecule has 0 unspecified atom stereocenters. The van der Waals surface area contributed by atoms with Crippen LogP contribution < -0.4 is 20.5 Å². The van der Waals surface area contributed by atoms with E-state index in [9.17, 15) is 4.79 Å². The Hall–Kier alpha value is -3.31. The molecule has 0 aliphatic heterocycles. The maximum Gasteiger partial charge on any atom is 0.243 e. The molecule has 0 saturated carbocycles. The molecule has 5 heteroatoms. The Morgan fingerprint density at radius 1 is 0.839 bits per heavy atom. The van der Waals surface area contributed by atoms with Crippen LogP contribution in [0.4, 0.5) is 5.69 Å².